The van der Waals surface area contributed by atoms with Crippen molar-refractivity contribution in [2.24, 2.45) is 5.16 Å². The Labute approximate surface area is 53.1 Å². The fourth-order valence-corrected chi connectivity index (χ4v) is 0.276. The predicted molar refractivity (Wildman–Crippen MR) is 31.5 cm³/mol. The molecule has 0 saturated carbocycles. The van der Waals surface area contributed by atoms with Gasteiger partial charge < -0.3 is 9.94 Å². The number of carbonyl (C=O) groups excluding carboxylic acids is 1. The summed E-state index contributed by atoms with van der Waals surface area (Å²) < 4.78 is 4.46. The van der Waals surface area contributed by atoms with Crippen molar-refractivity contribution in [2.45, 2.75) is 13.8 Å². The molecule has 0 aromatic carbocycles. The first kappa shape index (κ1) is 7.94. The monoisotopic (exact) mass is 131 g/mol. The smallest absolute Gasteiger partial charge is 0.355 e. The Morgan fingerprint density at radius 3 is 2.67 bits per heavy atom. The number of ether oxygens (including phenoxy) is 1. The van der Waals surface area contributed by atoms with E-state index in [2.05, 4.69) is 9.89 Å². The first-order valence-corrected chi connectivity index (χ1v) is 2.58. The molecule has 4 heteroatoms. The van der Waals surface area contributed by atoms with Crippen molar-refractivity contribution in [3.05, 3.63) is 0 Å². The fourth-order valence-electron chi connectivity index (χ4n) is 0.276. The third-order valence-corrected chi connectivity index (χ3v) is 0.721. The summed E-state index contributed by atoms with van der Waals surface area (Å²) in [5.74, 6) is -0.583. The number of hydrogen-bond acceptors (Lipinski definition) is 4. The molecule has 9 heavy (non-hydrogen) atoms. The van der Waals surface area contributed by atoms with E-state index >= 15 is 0 Å². The Morgan fingerprint density at radius 1 is 1.78 bits per heavy atom. The lowest BCUT2D eigenvalue weighted by atomic mass is 10.4. The van der Waals surface area contributed by atoms with Gasteiger partial charge in [-0.1, -0.05) is 5.16 Å². The van der Waals surface area contributed by atoms with Crippen molar-refractivity contribution in [1.82, 2.24) is 0 Å². The molecule has 0 radical (unpaired) electrons. The van der Waals surface area contributed by atoms with Gasteiger partial charge in [-0.2, -0.15) is 0 Å². The molecule has 0 heterocycles. The van der Waals surface area contributed by atoms with Crippen LogP contribution in [0.15, 0.2) is 5.16 Å². The molecule has 0 aliphatic heterocycles. The molecule has 4 nitrogen and oxygen atoms in total. The zero-order valence-electron chi connectivity index (χ0n) is 5.42. The lowest BCUT2D eigenvalue weighted by Crippen LogP contribution is -2.13. The molecule has 0 rings (SSSR count). The first-order chi connectivity index (χ1) is 4.22. The summed E-state index contributed by atoms with van der Waals surface area (Å²) in [6.45, 7) is 3.35. The molecule has 0 spiro atoms. The highest BCUT2D eigenvalue weighted by Crippen LogP contribution is 1.81. The minimum absolute atomic E-state index is 0.0307. The molecular formula is C5H9NO3. The Bertz CT molecular complexity index is 130. The van der Waals surface area contributed by atoms with Gasteiger partial charge in [0.25, 0.3) is 0 Å². The Morgan fingerprint density at radius 2 is 2.33 bits per heavy atom. The van der Waals surface area contributed by atoms with Gasteiger partial charge >= 0.3 is 5.97 Å². The molecule has 0 amide bonds. The zero-order valence-corrected chi connectivity index (χ0v) is 5.42. The van der Waals surface area contributed by atoms with Gasteiger partial charge in [0.15, 0.2) is 5.71 Å². The van der Waals surface area contributed by atoms with E-state index in [1.54, 1.807) is 6.92 Å². The van der Waals surface area contributed by atoms with Crippen molar-refractivity contribution in [1.29, 1.82) is 0 Å². The third-order valence-electron chi connectivity index (χ3n) is 0.721. The molecule has 0 aliphatic rings. The Kier molecular flexibility index (Phi) is 3.43. The van der Waals surface area contributed by atoms with Crippen LogP contribution < -0.4 is 0 Å². The van der Waals surface area contributed by atoms with Crippen molar-refractivity contribution in [3.8, 4) is 0 Å². The molecule has 0 aromatic heterocycles. The number of oxime groups is 1. The van der Waals surface area contributed by atoms with Crippen LogP contribution in [0.4, 0.5) is 0 Å². The second kappa shape index (κ2) is 3.88. The van der Waals surface area contributed by atoms with Crippen LogP contribution in [0, 0.1) is 0 Å². The average molecular weight is 131 g/mol. The lowest BCUT2D eigenvalue weighted by Gasteiger charge is -1.96. The second-order valence-electron chi connectivity index (χ2n) is 1.41. The molecule has 0 aliphatic carbocycles. The van der Waals surface area contributed by atoms with Crippen LogP contribution in [-0.2, 0) is 9.53 Å². The molecule has 0 fully saturated rings. The standard InChI is InChI=1S/C5H9NO3/c1-3-9-5(7)4(2)6-8/h8H,3H2,1-2H3/b6-4-. The van der Waals surface area contributed by atoms with Gasteiger partial charge in [-0.05, 0) is 13.8 Å². The maximum absolute atomic E-state index is 10.5. The highest BCUT2D eigenvalue weighted by atomic mass is 16.5. The van der Waals surface area contributed by atoms with Crippen LogP contribution in [0.3, 0.4) is 0 Å². The summed E-state index contributed by atoms with van der Waals surface area (Å²) in [7, 11) is 0. The number of carbonyl (C=O) groups is 1. The second-order valence-corrected chi connectivity index (χ2v) is 1.41. The molecule has 0 atom stereocenters. The molecule has 0 saturated heterocycles. The van der Waals surface area contributed by atoms with E-state index in [1.807, 2.05) is 0 Å². The molecule has 52 valence electrons. The Balaban J connectivity index is 3.74. The van der Waals surface area contributed by atoms with Gasteiger partial charge in [-0.25, -0.2) is 4.79 Å². The van der Waals surface area contributed by atoms with E-state index in [4.69, 9.17) is 5.21 Å². The van der Waals surface area contributed by atoms with Crippen LogP contribution in [-0.4, -0.2) is 23.5 Å². The van der Waals surface area contributed by atoms with E-state index in [-0.39, 0.29) is 5.71 Å². The van der Waals surface area contributed by atoms with E-state index in [1.165, 1.54) is 6.92 Å². The highest BCUT2D eigenvalue weighted by molar-refractivity contribution is 6.35. The first-order valence-electron chi connectivity index (χ1n) is 2.58. The number of rotatable bonds is 2. The van der Waals surface area contributed by atoms with Crippen LogP contribution in [0.5, 0.6) is 0 Å². The van der Waals surface area contributed by atoms with Crippen LogP contribution in [0.25, 0.3) is 0 Å². The summed E-state index contributed by atoms with van der Waals surface area (Å²) in [5.41, 5.74) is -0.0307. The van der Waals surface area contributed by atoms with Crippen molar-refractivity contribution < 1.29 is 14.7 Å². The quantitative estimate of drug-likeness (QED) is 0.255. The maximum atomic E-state index is 10.5. The SMILES string of the molecule is CCOC(=O)/C(C)=N\O. The zero-order chi connectivity index (χ0) is 7.28. The largest absolute Gasteiger partial charge is 0.461 e. The normalized spacial score (nSPS) is 11.1. The van der Waals surface area contributed by atoms with Crippen molar-refractivity contribution >= 4 is 11.7 Å². The highest BCUT2D eigenvalue weighted by Gasteiger charge is 2.04. The molecule has 0 bridgehead atoms. The van der Waals surface area contributed by atoms with Crippen LogP contribution >= 0.6 is 0 Å². The van der Waals surface area contributed by atoms with E-state index in [9.17, 15) is 4.79 Å². The summed E-state index contributed by atoms with van der Waals surface area (Å²) in [6.07, 6.45) is 0. The van der Waals surface area contributed by atoms with Crippen molar-refractivity contribution in [3.63, 3.8) is 0 Å². The minimum Gasteiger partial charge on any atom is -0.461 e. The average Bonchev–Trinajstić information content (AvgIpc) is 1.87. The van der Waals surface area contributed by atoms with Gasteiger partial charge in [0.2, 0.25) is 0 Å². The van der Waals surface area contributed by atoms with E-state index in [0.717, 1.165) is 0 Å². The number of hydrogen-bond donors (Lipinski definition) is 1. The van der Waals surface area contributed by atoms with Crippen LogP contribution in [0.1, 0.15) is 13.8 Å². The summed E-state index contributed by atoms with van der Waals surface area (Å²) in [4.78, 5) is 10.5. The minimum atomic E-state index is -0.583. The van der Waals surface area contributed by atoms with Gasteiger partial charge in [0.1, 0.15) is 0 Å². The summed E-state index contributed by atoms with van der Waals surface area (Å²) in [6, 6.07) is 0. The predicted octanol–water partition coefficient (Wildman–Crippen LogP) is 0.400. The Hall–Kier alpha value is -1.06. The number of esters is 1. The third kappa shape index (κ3) is 2.69. The fraction of sp³-hybridized carbons (Fsp3) is 0.600. The van der Waals surface area contributed by atoms with Crippen LogP contribution in [0.2, 0.25) is 0 Å². The lowest BCUT2D eigenvalue weighted by molar-refractivity contribution is -0.135. The van der Waals surface area contributed by atoms with Gasteiger partial charge in [0, 0.05) is 0 Å². The molecular weight excluding hydrogens is 122 g/mol. The molecule has 0 unspecified atom stereocenters. The maximum Gasteiger partial charge on any atom is 0.355 e. The summed E-state index contributed by atoms with van der Waals surface area (Å²) >= 11 is 0. The molecule has 1 N–H and O–H groups in total. The van der Waals surface area contributed by atoms with E-state index in [0.29, 0.717) is 6.61 Å². The van der Waals surface area contributed by atoms with Crippen molar-refractivity contribution in [2.75, 3.05) is 6.61 Å². The van der Waals surface area contributed by atoms with Gasteiger partial charge in [-0.3, -0.25) is 0 Å². The van der Waals surface area contributed by atoms with Gasteiger partial charge in [-0.15, -0.1) is 0 Å². The van der Waals surface area contributed by atoms with E-state index < -0.39 is 5.97 Å². The van der Waals surface area contributed by atoms with Gasteiger partial charge in [0.05, 0.1) is 6.61 Å². The topological polar surface area (TPSA) is 58.9 Å². The summed E-state index contributed by atoms with van der Waals surface area (Å²) in [5, 5.41) is 10.7. The molecule has 0 aromatic rings. The number of nitrogens with zero attached hydrogens (tertiary/aromatic N) is 1.